The van der Waals surface area contributed by atoms with E-state index in [4.69, 9.17) is 0 Å². The van der Waals surface area contributed by atoms with Gasteiger partial charge in [0.1, 0.15) is 5.41 Å². The highest BCUT2D eigenvalue weighted by molar-refractivity contribution is 7.91. The van der Waals surface area contributed by atoms with Gasteiger partial charge in [0.15, 0.2) is 9.84 Å². The first-order valence-corrected chi connectivity index (χ1v) is 10.3. The lowest BCUT2D eigenvalue weighted by atomic mass is 10.0. The number of nitrogens with zero attached hydrogens (tertiary/aromatic N) is 1. The first-order valence-electron chi connectivity index (χ1n) is 8.51. The summed E-state index contributed by atoms with van der Waals surface area (Å²) in [5.74, 6) is -0.463. The number of carbonyl (C=O) groups excluding carboxylic acids is 2. The quantitative estimate of drug-likeness (QED) is 0.824. The molecular formula is C18H24N2O4S. The number of amides is 2. The lowest BCUT2D eigenvalue weighted by Crippen LogP contribution is -2.46. The number of hydrogen-bond donors (Lipinski definition) is 1. The van der Waals surface area contributed by atoms with E-state index in [1.165, 1.54) is 4.90 Å². The molecule has 1 N–H and O–H groups in total. The first kappa shape index (κ1) is 17.9. The second-order valence-electron chi connectivity index (χ2n) is 7.33. The number of carbonyl (C=O) groups is 2. The minimum Gasteiger partial charge on any atom is -0.341 e. The summed E-state index contributed by atoms with van der Waals surface area (Å²) in [5, 5.41) is 2.88. The predicted octanol–water partition coefficient (Wildman–Crippen LogP) is 1.67. The van der Waals surface area contributed by atoms with Gasteiger partial charge < -0.3 is 10.2 Å². The summed E-state index contributed by atoms with van der Waals surface area (Å²) in [5.41, 5.74) is 1.72. The Labute approximate surface area is 148 Å². The minimum absolute atomic E-state index is 0.00991. The van der Waals surface area contributed by atoms with Gasteiger partial charge in [0.05, 0.1) is 11.5 Å². The number of anilines is 1. The number of sulfone groups is 1. The van der Waals surface area contributed by atoms with Gasteiger partial charge in [-0.25, -0.2) is 8.42 Å². The number of nitrogens with one attached hydrogen (secondary N) is 1. The SMILES string of the molecule is Cc1ccc(NC(=O)C2(C(=O)N(C)C3CCS(=O)(=O)C3)CC2)c(C)c1. The zero-order chi connectivity index (χ0) is 18.4. The molecule has 1 aliphatic carbocycles. The Hall–Kier alpha value is -1.89. The molecule has 3 rings (SSSR count). The Kier molecular flexibility index (Phi) is 4.39. The highest BCUT2D eigenvalue weighted by Crippen LogP contribution is 2.48. The lowest BCUT2D eigenvalue weighted by Gasteiger charge is -2.27. The van der Waals surface area contributed by atoms with Gasteiger partial charge in [0, 0.05) is 18.8 Å². The molecule has 2 amide bonds. The Morgan fingerprint density at radius 2 is 1.92 bits per heavy atom. The summed E-state index contributed by atoms with van der Waals surface area (Å²) in [7, 11) is -1.46. The number of hydrogen-bond acceptors (Lipinski definition) is 4. The van der Waals surface area contributed by atoms with E-state index in [1.807, 2.05) is 32.0 Å². The number of rotatable bonds is 4. The van der Waals surface area contributed by atoms with Gasteiger partial charge in [-0.3, -0.25) is 9.59 Å². The van der Waals surface area contributed by atoms with Crippen LogP contribution in [0.5, 0.6) is 0 Å². The monoisotopic (exact) mass is 364 g/mol. The van der Waals surface area contributed by atoms with Crippen molar-refractivity contribution in [2.75, 3.05) is 23.9 Å². The summed E-state index contributed by atoms with van der Waals surface area (Å²) < 4.78 is 23.3. The minimum atomic E-state index is -3.07. The van der Waals surface area contributed by atoms with Crippen LogP contribution in [0.25, 0.3) is 0 Å². The van der Waals surface area contributed by atoms with Crippen molar-refractivity contribution in [1.82, 2.24) is 4.90 Å². The molecule has 0 aromatic heterocycles. The van der Waals surface area contributed by atoms with Gasteiger partial charge in [-0.15, -0.1) is 0 Å². The van der Waals surface area contributed by atoms with E-state index in [0.29, 0.717) is 24.9 Å². The van der Waals surface area contributed by atoms with Crippen molar-refractivity contribution in [3.63, 3.8) is 0 Å². The van der Waals surface area contributed by atoms with Gasteiger partial charge >= 0.3 is 0 Å². The molecule has 1 aromatic rings. The van der Waals surface area contributed by atoms with Crippen LogP contribution in [-0.2, 0) is 19.4 Å². The molecule has 1 aromatic carbocycles. The van der Waals surface area contributed by atoms with E-state index in [1.54, 1.807) is 7.05 Å². The maximum atomic E-state index is 12.9. The van der Waals surface area contributed by atoms with Gasteiger partial charge in [0.2, 0.25) is 11.8 Å². The first-order chi connectivity index (χ1) is 11.6. The van der Waals surface area contributed by atoms with Crippen LogP contribution in [0.15, 0.2) is 18.2 Å². The smallest absolute Gasteiger partial charge is 0.240 e. The van der Waals surface area contributed by atoms with Crippen LogP contribution in [0, 0.1) is 19.3 Å². The molecule has 1 saturated carbocycles. The van der Waals surface area contributed by atoms with Crippen LogP contribution in [0.4, 0.5) is 5.69 Å². The van der Waals surface area contributed by atoms with Crippen molar-refractivity contribution in [1.29, 1.82) is 0 Å². The van der Waals surface area contributed by atoms with Crippen LogP contribution < -0.4 is 5.32 Å². The maximum absolute atomic E-state index is 12.9. The van der Waals surface area contributed by atoms with E-state index >= 15 is 0 Å². The van der Waals surface area contributed by atoms with Gasteiger partial charge in [-0.1, -0.05) is 17.7 Å². The molecule has 6 nitrogen and oxygen atoms in total. The Bertz CT molecular complexity index is 827. The van der Waals surface area contributed by atoms with Crippen molar-refractivity contribution in [3.05, 3.63) is 29.3 Å². The molecule has 2 aliphatic rings. The van der Waals surface area contributed by atoms with Crippen LogP contribution in [0.3, 0.4) is 0 Å². The summed E-state index contributed by atoms with van der Waals surface area (Å²) in [4.78, 5) is 27.1. The lowest BCUT2D eigenvalue weighted by molar-refractivity contribution is -0.142. The van der Waals surface area contributed by atoms with Crippen molar-refractivity contribution < 1.29 is 18.0 Å². The fourth-order valence-electron chi connectivity index (χ4n) is 3.44. The van der Waals surface area contributed by atoms with Crippen molar-refractivity contribution in [2.24, 2.45) is 5.41 Å². The van der Waals surface area contributed by atoms with Crippen molar-refractivity contribution in [3.8, 4) is 0 Å². The van der Waals surface area contributed by atoms with E-state index < -0.39 is 15.3 Å². The topological polar surface area (TPSA) is 83.6 Å². The summed E-state index contributed by atoms with van der Waals surface area (Å²) in [6.07, 6.45) is 1.46. The molecule has 25 heavy (non-hydrogen) atoms. The standard InChI is InChI=1S/C18H24N2O4S/c1-12-4-5-15(13(2)10-12)19-16(21)18(7-8-18)17(22)20(3)14-6-9-25(23,24)11-14/h4-5,10,14H,6-9,11H2,1-3H3,(H,19,21). The Morgan fingerprint density at radius 1 is 1.24 bits per heavy atom. The summed E-state index contributed by atoms with van der Waals surface area (Å²) >= 11 is 0. The van der Waals surface area contributed by atoms with E-state index in [9.17, 15) is 18.0 Å². The number of benzene rings is 1. The average molecular weight is 364 g/mol. The predicted molar refractivity (Wildman–Crippen MR) is 96.0 cm³/mol. The normalized spacial score (nSPS) is 23.1. The second kappa shape index (κ2) is 6.12. The molecule has 1 unspecified atom stereocenters. The van der Waals surface area contributed by atoms with E-state index in [0.717, 1.165) is 11.1 Å². The van der Waals surface area contributed by atoms with Gasteiger partial charge in [-0.05, 0) is 44.7 Å². The summed E-state index contributed by atoms with van der Waals surface area (Å²) in [6.45, 7) is 3.90. The third-order valence-electron chi connectivity index (χ3n) is 5.30. The van der Waals surface area contributed by atoms with Crippen LogP contribution >= 0.6 is 0 Å². The zero-order valence-corrected chi connectivity index (χ0v) is 15.6. The molecule has 0 bridgehead atoms. The zero-order valence-electron chi connectivity index (χ0n) is 14.8. The van der Waals surface area contributed by atoms with E-state index in [-0.39, 0.29) is 29.4 Å². The van der Waals surface area contributed by atoms with E-state index in [2.05, 4.69) is 5.32 Å². The molecule has 0 radical (unpaired) electrons. The summed E-state index contributed by atoms with van der Waals surface area (Å²) in [6, 6.07) is 5.41. The molecule has 2 fully saturated rings. The Morgan fingerprint density at radius 3 is 2.44 bits per heavy atom. The highest BCUT2D eigenvalue weighted by atomic mass is 32.2. The molecule has 0 spiro atoms. The van der Waals surface area contributed by atoms with Crippen molar-refractivity contribution in [2.45, 2.75) is 39.2 Å². The molecule has 1 aliphatic heterocycles. The molecule has 1 saturated heterocycles. The highest BCUT2D eigenvalue weighted by Gasteiger charge is 2.58. The molecule has 1 atom stereocenters. The second-order valence-corrected chi connectivity index (χ2v) is 9.56. The third kappa shape index (κ3) is 3.42. The van der Waals surface area contributed by atoms with Crippen LogP contribution in [-0.4, -0.2) is 49.7 Å². The molecular weight excluding hydrogens is 340 g/mol. The Balaban J connectivity index is 1.72. The van der Waals surface area contributed by atoms with Gasteiger partial charge in [0.25, 0.3) is 0 Å². The van der Waals surface area contributed by atoms with Crippen LogP contribution in [0.1, 0.15) is 30.4 Å². The van der Waals surface area contributed by atoms with Crippen LogP contribution in [0.2, 0.25) is 0 Å². The maximum Gasteiger partial charge on any atom is 0.240 e. The largest absolute Gasteiger partial charge is 0.341 e. The fourth-order valence-corrected chi connectivity index (χ4v) is 5.22. The average Bonchev–Trinajstić information content (AvgIpc) is 3.27. The fraction of sp³-hybridized carbons (Fsp3) is 0.556. The molecule has 136 valence electrons. The molecule has 1 heterocycles. The van der Waals surface area contributed by atoms with Gasteiger partial charge in [-0.2, -0.15) is 0 Å². The van der Waals surface area contributed by atoms with Crippen molar-refractivity contribution >= 4 is 27.3 Å². The molecule has 7 heteroatoms. The third-order valence-corrected chi connectivity index (χ3v) is 7.05. The number of aryl methyl sites for hydroxylation is 2.